The molecule has 0 aromatic heterocycles. The van der Waals surface area contributed by atoms with Gasteiger partial charge in [-0.2, -0.15) is 0 Å². The Labute approximate surface area is 174 Å². The Bertz CT molecular complexity index is 719. The Morgan fingerprint density at radius 3 is 2.31 bits per heavy atom. The second kappa shape index (κ2) is 9.16. The van der Waals surface area contributed by atoms with Gasteiger partial charge in [-0.05, 0) is 44.4 Å². The number of benzene rings is 1. The number of hydrogen-bond donors (Lipinski definition) is 1. The molecular weight excluding hydrogens is 364 g/mol. The smallest absolute Gasteiger partial charge is 0.321 e. The summed E-state index contributed by atoms with van der Waals surface area (Å²) in [5, 5.41) is 3.12. The van der Waals surface area contributed by atoms with Crippen molar-refractivity contribution in [2.75, 3.05) is 38.5 Å². The van der Waals surface area contributed by atoms with Crippen molar-refractivity contribution in [3.63, 3.8) is 0 Å². The monoisotopic (exact) mass is 398 g/mol. The largest absolute Gasteiger partial charge is 0.339 e. The number of urea groups is 1. The van der Waals surface area contributed by atoms with Gasteiger partial charge in [0.25, 0.3) is 0 Å². The fourth-order valence-electron chi connectivity index (χ4n) is 4.61. The van der Waals surface area contributed by atoms with E-state index in [0.717, 1.165) is 30.6 Å². The number of anilines is 1. The molecule has 3 aliphatic rings. The van der Waals surface area contributed by atoms with Crippen LogP contribution < -0.4 is 5.32 Å². The van der Waals surface area contributed by atoms with Gasteiger partial charge in [0.2, 0.25) is 5.91 Å². The van der Waals surface area contributed by atoms with E-state index < -0.39 is 0 Å². The highest BCUT2D eigenvalue weighted by molar-refractivity contribution is 5.90. The molecule has 158 valence electrons. The predicted octanol–water partition coefficient (Wildman–Crippen LogP) is 3.54. The lowest BCUT2D eigenvalue weighted by Crippen LogP contribution is -2.52. The second-order valence-electron chi connectivity index (χ2n) is 8.88. The molecule has 6 heteroatoms. The lowest BCUT2D eigenvalue weighted by atomic mass is 9.94. The minimum Gasteiger partial charge on any atom is -0.339 e. The van der Waals surface area contributed by atoms with Crippen molar-refractivity contribution in [2.45, 2.75) is 57.5 Å². The third-order valence-electron chi connectivity index (χ3n) is 6.68. The summed E-state index contributed by atoms with van der Waals surface area (Å²) in [5.41, 5.74) is 2.06. The molecule has 1 N–H and O–H groups in total. The number of amides is 3. The molecule has 1 aromatic rings. The molecule has 3 amide bonds. The van der Waals surface area contributed by atoms with Gasteiger partial charge in [-0.25, -0.2) is 4.79 Å². The van der Waals surface area contributed by atoms with Crippen molar-refractivity contribution in [1.29, 1.82) is 0 Å². The standard InChI is InChI=1S/C23H34N4O2/c1-25(20-8-3-2-4-9-20)17-19-7-5-6-10-21(19)24-23(29)27-15-13-26(14-16-27)22(28)18-11-12-18/h5-7,10,18,20H,2-4,8-9,11-17H2,1H3,(H,24,29). The molecule has 0 spiro atoms. The van der Waals surface area contributed by atoms with Crippen LogP contribution in [0.15, 0.2) is 24.3 Å². The van der Waals surface area contributed by atoms with E-state index in [1.807, 2.05) is 28.0 Å². The highest BCUT2D eigenvalue weighted by atomic mass is 16.2. The lowest BCUT2D eigenvalue weighted by molar-refractivity contribution is -0.133. The van der Waals surface area contributed by atoms with E-state index in [9.17, 15) is 9.59 Å². The number of nitrogens with zero attached hydrogens (tertiary/aromatic N) is 3. The molecule has 29 heavy (non-hydrogen) atoms. The number of hydrogen-bond acceptors (Lipinski definition) is 3. The Hall–Kier alpha value is -2.08. The zero-order valence-electron chi connectivity index (χ0n) is 17.6. The number of para-hydroxylation sites is 1. The summed E-state index contributed by atoms with van der Waals surface area (Å²) in [6.45, 7) is 3.36. The lowest BCUT2D eigenvalue weighted by Gasteiger charge is -2.35. The van der Waals surface area contributed by atoms with Crippen molar-refractivity contribution in [3.8, 4) is 0 Å². The van der Waals surface area contributed by atoms with E-state index in [1.54, 1.807) is 0 Å². The van der Waals surface area contributed by atoms with Gasteiger partial charge < -0.3 is 15.1 Å². The van der Waals surface area contributed by atoms with E-state index in [0.29, 0.717) is 32.2 Å². The molecule has 2 saturated carbocycles. The minimum absolute atomic E-state index is 0.0590. The third kappa shape index (κ3) is 5.10. The number of carbonyl (C=O) groups is 2. The van der Waals surface area contributed by atoms with Crippen LogP contribution in [0.3, 0.4) is 0 Å². The maximum absolute atomic E-state index is 12.8. The van der Waals surface area contributed by atoms with Gasteiger partial charge in [0.15, 0.2) is 0 Å². The van der Waals surface area contributed by atoms with Crippen LogP contribution in [0.25, 0.3) is 0 Å². The summed E-state index contributed by atoms with van der Waals surface area (Å²) in [4.78, 5) is 31.2. The number of rotatable bonds is 5. The molecule has 0 unspecified atom stereocenters. The van der Waals surface area contributed by atoms with Crippen LogP contribution in [-0.4, -0.2) is 65.9 Å². The molecule has 1 saturated heterocycles. The van der Waals surface area contributed by atoms with Crippen molar-refractivity contribution < 1.29 is 9.59 Å². The molecular formula is C23H34N4O2. The number of nitrogens with one attached hydrogen (secondary N) is 1. The first-order valence-electron chi connectivity index (χ1n) is 11.2. The molecule has 4 rings (SSSR count). The number of piperazine rings is 1. The fraction of sp³-hybridized carbons (Fsp3) is 0.652. The SMILES string of the molecule is CN(Cc1ccccc1NC(=O)N1CCN(C(=O)C2CC2)CC1)C1CCCCC1. The van der Waals surface area contributed by atoms with E-state index in [2.05, 4.69) is 23.3 Å². The Morgan fingerprint density at radius 2 is 1.62 bits per heavy atom. The van der Waals surface area contributed by atoms with Crippen LogP contribution >= 0.6 is 0 Å². The van der Waals surface area contributed by atoms with Gasteiger partial charge in [-0.15, -0.1) is 0 Å². The van der Waals surface area contributed by atoms with Crippen LogP contribution in [0.4, 0.5) is 10.5 Å². The molecule has 2 aliphatic carbocycles. The molecule has 0 atom stereocenters. The maximum atomic E-state index is 12.8. The Morgan fingerprint density at radius 1 is 0.966 bits per heavy atom. The average molecular weight is 399 g/mol. The van der Waals surface area contributed by atoms with Gasteiger partial charge >= 0.3 is 6.03 Å². The highest BCUT2D eigenvalue weighted by Gasteiger charge is 2.35. The molecule has 1 heterocycles. The van der Waals surface area contributed by atoms with Crippen molar-refractivity contribution >= 4 is 17.6 Å². The van der Waals surface area contributed by atoms with Gasteiger partial charge in [-0.3, -0.25) is 9.69 Å². The number of carbonyl (C=O) groups excluding carboxylic acids is 2. The zero-order chi connectivity index (χ0) is 20.2. The zero-order valence-corrected chi connectivity index (χ0v) is 17.6. The van der Waals surface area contributed by atoms with Crippen LogP contribution in [-0.2, 0) is 11.3 Å². The van der Waals surface area contributed by atoms with Crippen LogP contribution in [0.2, 0.25) is 0 Å². The summed E-state index contributed by atoms with van der Waals surface area (Å²) >= 11 is 0. The summed E-state index contributed by atoms with van der Waals surface area (Å²) in [5.74, 6) is 0.532. The molecule has 0 radical (unpaired) electrons. The molecule has 1 aliphatic heterocycles. The van der Waals surface area contributed by atoms with Crippen LogP contribution in [0.5, 0.6) is 0 Å². The average Bonchev–Trinajstić information content (AvgIpc) is 3.61. The molecule has 0 bridgehead atoms. The maximum Gasteiger partial charge on any atom is 0.321 e. The van der Waals surface area contributed by atoms with Gasteiger partial charge in [0.05, 0.1) is 0 Å². The Kier molecular flexibility index (Phi) is 6.38. The van der Waals surface area contributed by atoms with Crippen LogP contribution in [0.1, 0.15) is 50.5 Å². The van der Waals surface area contributed by atoms with Gasteiger partial charge in [-0.1, -0.05) is 37.5 Å². The van der Waals surface area contributed by atoms with E-state index in [4.69, 9.17) is 0 Å². The van der Waals surface area contributed by atoms with E-state index >= 15 is 0 Å². The molecule has 6 nitrogen and oxygen atoms in total. The topological polar surface area (TPSA) is 55.9 Å². The minimum atomic E-state index is -0.0590. The van der Waals surface area contributed by atoms with E-state index in [1.165, 1.54) is 32.1 Å². The first-order valence-corrected chi connectivity index (χ1v) is 11.2. The van der Waals surface area contributed by atoms with Crippen molar-refractivity contribution in [3.05, 3.63) is 29.8 Å². The molecule has 3 fully saturated rings. The summed E-state index contributed by atoms with van der Waals surface area (Å²) in [6, 6.07) is 8.71. The summed E-state index contributed by atoms with van der Waals surface area (Å²) < 4.78 is 0. The summed E-state index contributed by atoms with van der Waals surface area (Å²) in [6.07, 6.45) is 8.61. The van der Waals surface area contributed by atoms with Gasteiger partial charge in [0.1, 0.15) is 0 Å². The van der Waals surface area contributed by atoms with Gasteiger partial charge in [0, 0.05) is 50.4 Å². The second-order valence-corrected chi connectivity index (χ2v) is 8.88. The highest BCUT2D eigenvalue weighted by Crippen LogP contribution is 2.31. The first kappa shape index (κ1) is 20.2. The predicted molar refractivity (Wildman–Crippen MR) is 115 cm³/mol. The summed E-state index contributed by atoms with van der Waals surface area (Å²) in [7, 11) is 2.20. The third-order valence-corrected chi connectivity index (χ3v) is 6.68. The fourth-order valence-corrected chi connectivity index (χ4v) is 4.61. The normalized spacial score (nSPS) is 20.8. The van der Waals surface area contributed by atoms with E-state index in [-0.39, 0.29) is 17.9 Å². The first-order chi connectivity index (χ1) is 14.1. The quantitative estimate of drug-likeness (QED) is 0.825. The van der Waals surface area contributed by atoms with Crippen molar-refractivity contribution in [2.24, 2.45) is 5.92 Å². The van der Waals surface area contributed by atoms with Crippen LogP contribution in [0, 0.1) is 5.92 Å². The Balaban J connectivity index is 1.32. The van der Waals surface area contributed by atoms with Crippen molar-refractivity contribution in [1.82, 2.24) is 14.7 Å². The molecule has 1 aromatic carbocycles.